The van der Waals surface area contributed by atoms with Gasteiger partial charge >= 0.3 is 13.8 Å². The van der Waals surface area contributed by atoms with E-state index in [1.807, 2.05) is 0 Å². The number of phosphoric acid groups is 1. The summed E-state index contributed by atoms with van der Waals surface area (Å²) in [6.07, 6.45) is 14.8. The summed E-state index contributed by atoms with van der Waals surface area (Å²) in [5.74, 6) is -0.419. The smallest absolute Gasteiger partial charge is 0.463 e. The minimum Gasteiger partial charge on any atom is -0.463 e. The van der Waals surface area contributed by atoms with Crippen LogP contribution in [0.1, 0.15) is 77.6 Å². The highest BCUT2D eigenvalue weighted by Crippen LogP contribution is 2.35. The van der Waals surface area contributed by atoms with Gasteiger partial charge in [0.15, 0.2) is 0 Å². The van der Waals surface area contributed by atoms with Gasteiger partial charge < -0.3 is 19.6 Å². The van der Waals surface area contributed by atoms with Crippen molar-refractivity contribution in [1.29, 1.82) is 0 Å². The molecule has 8 heteroatoms. The van der Waals surface area contributed by atoms with Crippen LogP contribution in [-0.2, 0) is 18.6 Å². The summed E-state index contributed by atoms with van der Waals surface area (Å²) in [6.45, 7) is 1.29. The molecule has 0 amide bonds. The minimum absolute atomic E-state index is 0.284. The van der Waals surface area contributed by atoms with E-state index in [-0.39, 0.29) is 13.0 Å². The topological polar surface area (TPSA) is 113 Å². The van der Waals surface area contributed by atoms with Gasteiger partial charge in [-0.2, -0.15) is 0 Å². The molecule has 0 aromatic carbocycles. The zero-order valence-electron chi connectivity index (χ0n) is 15.8. The molecule has 3 N–H and O–H groups in total. The van der Waals surface area contributed by atoms with Gasteiger partial charge in [-0.15, -0.1) is 0 Å². The van der Waals surface area contributed by atoms with Crippen LogP contribution in [0.15, 0.2) is 12.2 Å². The second-order valence-electron chi connectivity index (χ2n) is 6.40. The Morgan fingerprint density at radius 1 is 0.962 bits per heavy atom. The van der Waals surface area contributed by atoms with Crippen molar-refractivity contribution in [2.24, 2.45) is 0 Å². The number of hydrogen-bond donors (Lipinski definition) is 3. The molecule has 154 valence electrons. The van der Waals surface area contributed by atoms with E-state index in [0.717, 1.165) is 32.1 Å². The first kappa shape index (κ1) is 25.3. The van der Waals surface area contributed by atoms with Crippen molar-refractivity contribution in [3.8, 4) is 0 Å². The van der Waals surface area contributed by atoms with E-state index in [4.69, 9.17) is 14.5 Å². The fourth-order valence-corrected chi connectivity index (χ4v) is 2.66. The van der Waals surface area contributed by atoms with Crippen molar-refractivity contribution in [3.63, 3.8) is 0 Å². The van der Waals surface area contributed by atoms with Crippen molar-refractivity contribution in [1.82, 2.24) is 0 Å². The highest BCUT2D eigenvalue weighted by Gasteiger charge is 2.17. The normalized spacial score (nSPS) is 13.2. The monoisotopic (exact) mass is 394 g/mol. The Morgan fingerprint density at radius 2 is 1.54 bits per heavy atom. The number of unbranched alkanes of at least 4 members (excludes halogenated alkanes) is 8. The lowest BCUT2D eigenvalue weighted by Gasteiger charge is -2.12. The van der Waals surface area contributed by atoms with Crippen LogP contribution < -0.4 is 0 Å². The summed E-state index contributed by atoms with van der Waals surface area (Å²) in [7, 11) is -4.61. The summed E-state index contributed by atoms with van der Waals surface area (Å²) in [6, 6.07) is 0. The number of phosphoric ester groups is 1. The summed E-state index contributed by atoms with van der Waals surface area (Å²) >= 11 is 0. The number of ether oxygens (including phenoxy) is 1. The van der Waals surface area contributed by atoms with Crippen molar-refractivity contribution >= 4 is 13.8 Å². The van der Waals surface area contributed by atoms with Crippen LogP contribution in [0, 0.1) is 0 Å². The van der Waals surface area contributed by atoms with E-state index in [0.29, 0.717) is 0 Å². The van der Waals surface area contributed by atoms with Crippen molar-refractivity contribution < 1.29 is 33.5 Å². The molecule has 26 heavy (non-hydrogen) atoms. The van der Waals surface area contributed by atoms with Crippen LogP contribution in [-0.4, -0.2) is 40.2 Å². The number of esters is 1. The summed E-state index contributed by atoms with van der Waals surface area (Å²) in [4.78, 5) is 28.5. The third-order valence-electron chi connectivity index (χ3n) is 3.76. The Balaban J connectivity index is 3.41. The number of carbonyl (C=O) groups is 1. The average molecular weight is 394 g/mol. The predicted molar refractivity (Wildman–Crippen MR) is 101 cm³/mol. The largest absolute Gasteiger partial charge is 0.469 e. The molecule has 1 unspecified atom stereocenters. The highest BCUT2D eigenvalue weighted by atomic mass is 31.2. The van der Waals surface area contributed by atoms with Gasteiger partial charge in [0.05, 0.1) is 6.61 Å². The molecule has 0 aliphatic rings. The number of aliphatic hydroxyl groups is 1. The maximum atomic E-state index is 11.5. The van der Waals surface area contributed by atoms with Crippen LogP contribution >= 0.6 is 7.82 Å². The molecule has 0 spiro atoms. The maximum Gasteiger partial charge on any atom is 0.469 e. The van der Waals surface area contributed by atoms with E-state index in [1.165, 1.54) is 32.1 Å². The van der Waals surface area contributed by atoms with Gasteiger partial charge in [0.2, 0.25) is 0 Å². The SMILES string of the molecule is CCCCC=CCCCCCCCCC(=O)OCC(O)COP(=O)(O)O. The molecule has 0 rings (SSSR count). The summed E-state index contributed by atoms with van der Waals surface area (Å²) in [5, 5.41) is 9.38. The van der Waals surface area contributed by atoms with E-state index >= 15 is 0 Å². The quantitative estimate of drug-likeness (QED) is 0.148. The molecule has 0 saturated heterocycles. The third kappa shape index (κ3) is 19.6. The number of allylic oxidation sites excluding steroid dienone is 2. The fraction of sp³-hybridized carbons (Fsp3) is 0.833. The number of rotatable bonds is 17. The zero-order valence-corrected chi connectivity index (χ0v) is 16.7. The van der Waals surface area contributed by atoms with Gasteiger partial charge in [-0.1, -0.05) is 57.6 Å². The van der Waals surface area contributed by atoms with E-state index in [1.54, 1.807) is 0 Å². The zero-order chi connectivity index (χ0) is 19.7. The van der Waals surface area contributed by atoms with E-state index in [9.17, 15) is 14.5 Å². The van der Waals surface area contributed by atoms with Gasteiger partial charge in [-0.3, -0.25) is 9.32 Å². The molecule has 0 saturated carbocycles. The second kappa shape index (κ2) is 16.5. The first-order chi connectivity index (χ1) is 12.3. The third-order valence-corrected chi connectivity index (χ3v) is 4.25. The molecule has 0 aliphatic heterocycles. The molecular weight excluding hydrogens is 359 g/mol. The molecule has 0 bridgehead atoms. The lowest BCUT2D eigenvalue weighted by molar-refractivity contribution is -0.147. The molecule has 0 heterocycles. The molecule has 1 atom stereocenters. The molecule has 0 fully saturated rings. The lowest BCUT2D eigenvalue weighted by atomic mass is 10.1. The molecule has 7 nitrogen and oxygen atoms in total. The van der Waals surface area contributed by atoms with Crippen molar-refractivity contribution in [3.05, 3.63) is 12.2 Å². The van der Waals surface area contributed by atoms with E-state index < -0.39 is 26.5 Å². The lowest BCUT2D eigenvalue weighted by Crippen LogP contribution is -2.23. The number of hydrogen-bond acceptors (Lipinski definition) is 5. The molecule has 0 aromatic heterocycles. The summed E-state index contributed by atoms with van der Waals surface area (Å²) in [5.41, 5.74) is 0. The Kier molecular flexibility index (Phi) is 16.0. The Morgan fingerprint density at radius 3 is 2.15 bits per heavy atom. The first-order valence-corrected chi connectivity index (χ1v) is 11.1. The van der Waals surface area contributed by atoms with Crippen LogP contribution in [0.4, 0.5) is 0 Å². The van der Waals surface area contributed by atoms with Crippen LogP contribution in [0.5, 0.6) is 0 Å². The highest BCUT2D eigenvalue weighted by molar-refractivity contribution is 7.46. The standard InChI is InChI=1S/C18H35O7P/c1-2-3-4-5-6-7-8-9-10-11-12-13-14-18(20)24-15-17(19)16-25-26(21,22)23/h5-6,17,19H,2-4,7-16H2,1H3,(H2,21,22,23). The maximum absolute atomic E-state index is 11.5. The van der Waals surface area contributed by atoms with Crippen LogP contribution in [0.25, 0.3) is 0 Å². The molecular formula is C18H35O7P. The van der Waals surface area contributed by atoms with E-state index in [2.05, 4.69) is 23.6 Å². The number of carbonyl (C=O) groups excluding carboxylic acids is 1. The molecule has 0 radical (unpaired) electrons. The summed E-state index contributed by atoms with van der Waals surface area (Å²) < 4.78 is 19.4. The second-order valence-corrected chi connectivity index (χ2v) is 7.64. The Hall–Kier alpha value is -0.720. The van der Waals surface area contributed by atoms with Gasteiger partial charge in [-0.25, -0.2) is 4.57 Å². The Labute approximate surface area is 157 Å². The van der Waals surface area contributed by atoms with Crippen molar-refractivity contribution in [2.75, 3.05) is 13.2 Å². The number of aliphatic hydroxyl groups excluding tert-OH is 1. The van der Waals surface area contributed by atoms with Crippen LogP contribution in [0.3, 0.4) is 0 Å². The van der Waals surface area contributed by atoms with Gasteiger partial charge in [-0.05, 0) is 25.7 Å². The first-order valence-electron chi connectivity index (χ1n) is 9.54. The average Bonchev–Trinajstić information content (AvgIpc) is 2.58. The molecule has 0 aliphatic carbocycles. The van der Waals surface area contributed by atoms with Gasteiger partial charge in [0.1, 0.15) is 12.7 Å². The fourth-order valence-electron chi connectivity index (χ4n) is 2.29. The molecule has 0 aromatic rings. The predicted octanol–water partition coefficient (Wildman–Crippen LogP) is 3.87. The van der Waals surface area contributed by atoms with Crippen molar-refractivity contribution in [2.45, 2.75) is 83.7 Å². The van der Waals surface area contributed by atoms with Gasteiger partial charge in [0.25, 0.3) is 0 Å². The van der Waals surface area contributed by atoms with Crippen LogP contribution in [0.2, 0.25) is 0 Å². The van der Waals surface area contributed by atoms with Gasteiger partial charge in [0, 0.05) is 6.42 Å². The minimum atomic E-state index is -4.61. The Bertz CT molecular complexity index is 420.